The molecule has 2 aliphatic heterocycles. The molecule has 2 heterocycles. The van der Waals surface area contributed by atoms with Crippen LogP contribution in [0.1, 0.15) is 32.6 Å². The third-order valence-electron chi connectivity index (χ3n) is 4.94. The van der Waals surface area contributed by atoms with Crippen LogP contribution < -0.4 is 10.6 Å². The zero-order valence-electron chi connectivity index (χ0n) is 13.6. The van der Waals surface area contributed by atoms with Crippen LogP contribution in [0.5, 0.6) is 0 Å². The average Bonchev–Trinajstić information content (AvgIpc) is 2.50. The molecule has 2 fully saturated rings. The minimum absolute atomic E-state index is 0.153. The molecule has 0 saturated carbocycles. The lowest BCUT2D eigenvalue weighted by Crippen LogP contribution is -2.49. The van der Waals surface area contributed by atoms with Gasteiger partial charge in [0.1, 0.15) is 0 Å². The summed E-state index contributed by atoms with van der Waals surface area (Å²) in [6.07, 6.45) is 4.69. The van der Waals surface area contributed by atoms with Crippen LogP contribution in [-0.4, -0.2) is 63.3 Å². The third-order valence-corrected chi connectivity index (χ3v) is 4.94. The number of carbonyl (C=O) groups excluding carboxylic acids is 1. The highest BCUT2D eigenvalue weighted by Gasteiger charge is 2.31. The summed E-state index contributed by atoms with van der Waals surface area (Å²) >= 11 is 0. The lowest BCUT2D eigenvalue weighted by atomic mass is 9.90. The van der Waals surface area contributed by atoms with Crippen molar-refractivity contribution in [3.8, 4) is 0 Å². The highest BCUT2D eigenvalue weighted by Crippen LogP contribution is 2.25. The van der Waals surface area contributed by atoms with Crippen LogP contribution in [0, 0.1) is 11.8 Å². The second-order valence-corrected chi connectivity index (χ2v) is 6.55. The average molecular weight is 297 g/mol. The number of methoxy groups -OCH3 is 1. The molecule has 2 N–H and O–H groups in total. The Labute approximate surface area is 128 Å². The summed E-state index contributed by atoms with van der Waals surface area (Å²) in [6, 6.07) is 0.614. The Morgan fingerprint density at radius 1 is 1.29 bits per heavy atom. The molecule has 0 aromatic rings. The Hall–Kier alpha value is -0.650. The normalized spacial score (nSPS) is 28.5. The van der Waals surface area contributed by atoms with Gasteiger partial charge in [-0.15, -0.1) is 0 Å². The van der Waals surface area contributed by atoms with Gasteiger partial charge in [-0.05, 0) is 51.6 Å². The zero-order chi connectivity index (χ0) is 15.1. The molecule has 122 valence electrons. The molecular formula is C16H31N3O2. The van der Waals surface area contributed by atoms with Gasteiger partial charge >= 0.3 is 0 Å². The van der Waals surface area contributed by atoms with Crippen LogP contribution in [-0.2, 0) is 9.53 Å². The van der Waals surface area contributed by atoms with E-state index in [9.17, 15) is 4.79 Å². The van der Waals surface area contributed by atoms with E-state index < -0.39 is 0 Å². The molecule has 1 amide bonds. The van der Waals surface area contributed by atoms with Crippen molar-refractivity contribution in [2.24, 2.45) is 11.8 Å². The topological polar surface area (TPSA) is 53.6 Å². The Morgan fingerprint density at radius 2 is 2.05 bits per heavy atom. The molecule has 0 aromatic carbocycles. The SMILES string of the molecule is COCCNC(=O)C1CCC(C)N(CC2CCNCC2)C1. The van der Waals surface area contributed by atoms with E-state index in [1.165, 1.54) is 12.8 Å². The summed E-state index contributed by atoms with van der Waals surface area (Å²) in [4.78, 5) is 14.8. The molecular weight excluding hydrogens is 266 g/mol. The fourth-order valence-corrected chi connectivity index (χ4v) is 3.46. The minimum Gasteiger partial charge on any atom is -0.383 e. The Kier molecular flexibility index (Phi) is 6.93. The van der Waals surface area contributed by atoms with Gasteiger partial charge in [-0.2, -0.15) is 0 Å². The molecule has 2 atom stereocenters. The van der Waals surface area contributed by atoms with Crippen LogP contribution in [0.4, 0.5) is 0 Å². The van der Waals surface area contributed by atoms with Gasteiger partial charge in [0.15, 0.2) is 0 Å². The highest BCUT2D eigenvalue weighted by atomic mass is 16.5. The van der Waals surface area contributed by atoms with E-state index >= 15 is 0 Å². The van der Waals surface area contributed by atoms with E-state index in [4.69, 9.17) is 4.74 Å². The monoisotopic (exact) mass is 297 g/mol. The minimum atomic E-state index is 0.153. The molecule has 21 heavy (non-hydrogen) atoms. The van der Waals surface area contributed by atoms with Gasteiger partial charge in [0.05, 0.1) is 12.5 Å². The molecule has 0 spiro atoms. The Balaban J connectivity index is 1.79. The smallest absolute Gasteiger partial charge is 0.224 e. The largest absolute Gasteiger partial charge is 0.383 e. The van der Waals surface area contributed by atoms with Gasteiger partial charge in [-0.25, -0.2) is 0 Å². The predicted octanol–water partition coefficient (Wildman–Crippen LogP) is 0.849. The lowest BCUT2D eigenvalue weighted by Gasteiger charge is -2.40. The van der Waals surface area contributed by atoms with Crippen molar-refractivity contribution >= 4 is 5.91 Å². The van der Waals surface area contributed by atoms with Gasteiger partial charge < -0.3 is 15.4 Å². The standard InChI is InChI=1S/C16H31N3O2/c1-13-3-4-15(16(20)18-9-10-21-2)12-19(13)11-14-5-7-17-8-6-14/h13-15,17H,3-12H2,1-2H3,(H,18,20). The third kappa shape index (κ3) is 5.24. The first-order valence-corrected chi connectivity index (χ1v) is 8.42. The van der Waals surface area contributed by atoms with Gasteiger partial charge in [0, 0.05) is 32.8 Å². The van der Waals surface area contributed by atoms with Crippen molar-refractivity contribution in [2.75, 3.05) is 46.4 Å². The molecule has 0 radical (unpaired) electrons. The maximum atomic E-state index is 12.2. The maximum absolute atomic E-state index is 12.2. The van der Waals surface area contributed by atoms with E-state index in [0.717, 1.165) is 44.9 Å². The van der Waals surface area contributed by atoms with Crippen molar-refractivity contribution in [1.82, 2.24) is 15.5 Å². The molecule has 2 unspecified atom stereocenters. The summed E-state index contributed by atoms with van der Waals surface area (Å²) in [5.41, 5.74) is 0. The second kappa shape index (κ2) is 8.71. The lowest BCUT2D eigenvalue weighted by molar-refractivity contribution is -0.127. The quantitative estimate of drug-likeness (QED) is 0.714. The fraction of sp³-hybridized carbons (Fsp3) is 0.938. The molecule has 0 bridgehead atoms. The molecule has 0 aliphatic carbocycles. The summed E-state index contributed by atoms with van der Waals surface area (Å²) < 4.78 is 4.99. The first-order valence-electron chi connectivity index (χ1n) is 8.42. The first kappa shape index (κ1) is 16.7. The molecule has 2 rings (SSSR count). The number of rotatable bonds is 6. The van der Waals surface area contributed by atoms with Crippen LogP contribution >= 0.6 is 0 Å². The van der Waals surface area contributed by atoms with Crippen LogP contribution in [0.25, 0.3) is 0 Å². The summed E-state index contributed by atoms with van der Waals surface area (Å²) in [5.74, 6) is 1.15. The second-order valence-electron chi connectivity index (χ2n) is 6.55. The number of hydrogen-bond acceptors (Lipinski definition) is 4. The fourth-order valence-electron chi connectivity index (χ4n) is 3.46. The molecule has 5 nitrogen and oxygen atoms in total. The van der Waals surface area contributed by atoms with E-state index in [0.29, 0.717) is 19.2 Å². The van der Waals surface area contributed by atoms with Gasteiger partial charge in [-0.3, -0.25) is 9.69 Å². The zero-order valence-corrected chi connectivity index (χ0v) is 13.6. The summed E-state index contributed by atoms with van der Waals surface area (Å²) in [7, 11) is 1.66. The number of nitrogens with zero attached hydrogens (tertiary/aromatic N) is 1. The number of carbonyl (C=O) groups is 1. The molecule has 2 aliphatic rings. The molecule has 5 heteroatoms. The van der Waals surface area contributed by atoms with Crippen molar-refractivity contribution in [1.29, 1.82) is 0 Å². The molecule has 2 saturated heterocycles. The summed E-state index contributed by atoms with van der Waals surface area (Å²) in [5, 5.41) is 6.42. The van der Waals surface area contributed by atoms with Crippen LogP contribution in [0.2, 0.25) is 0 Å². The van der Waals surface area contributed by atoms with E-state index in [1.54, 1.807) is 7.11 Å². The van der Waals surface area contributed by atoms with E-state index in [1.807, 2.05) is 0 Å². The number of nitrogens with one attached hydrogen (secondary N) is 2. The van der Waals surface area contributed by atoms with Crippen molar-refractivity contribution in [3.05, 3.63) is 0 Å². The first-order chi connectivity index (χ1) is 10.2. The summed E-state index contributed by atoms with van der Waals surface area (Å²) in [6.45, 7) is 7.89. The van der Waals surface area contributed by atoms with Crippen molar-refractivity contribution in [2.45, 2.75) is 38.6 Å². The Morgan fingerprint density at radius 3 is 2.76 bits per heavy atom. The van der Waals surface area contributed by atoms with E-state index in [2.05, 4.69) is 22.5 Å². The number of amides is 1. The van der Waals surface area contributed by atoms with Gasteiger partial charge in [0.25, 0.3) is 0 Å². The van der Waals surface area contributed by atoms with Gasteiger partial charge in [-0.1, -0.05) is 0 Å². The highest BCUT2D eigenvalue weighted by molar-refractivity contribution is 5.78. The van der Waals surface area contributed by atoms with Crippen molar-refractivity contribution in [3.63, 3.8) is 0 Å². The predicted molar refractivity (Wildman–Crippen MR) is 84.2 cm³/mol. The number of piperidine rings is 2. The van der Waals surface area contributed by atoms with Crippen LogP contribution in [0.3, 0.4) is 0 Å². The molecule has 0 aromatic heterocycles. The van der Waals surface area contributed by atoms with E-state index in [-0.39, 0.29) is 11.8 Å². The number of hydrogen-bond donors (Lipinski definition) is 2. The Bertz CT molecular complexity index is 319. The van der Waals surface area contributed by atoms with Crippen molar-refractivity contribution < 1.29 is 9.53 Å². The van der Waals surface area contributed by atoms with Gasteiger partial charge in [0.2, 0.25) is 5.91 Å². The number of ether oxygens (including phenoxy) is 1. The van der Waals surface area contributed by atoms with Crippen LogP contribution in [0.15, 0.2) is 0 Å². The number of likely N-dealkylation sites (tertiary alicyclic amines) is 1. The maximum Gasteiger partial charge on any atom is 0.224 e.